The van der Waals surface area contributed by atoms with Gasteiger partial charge in [-0.15, -0.1) is 0 Å². The molecule has 120 valence electrons. The summed E-state index contributed by atoms with van der Waals surface area (Å²) >= 11 is 0. The maximum absolute atomic E-state index is 12.6. The molecule has 2 heterocycles. The molecule has 1 fully saturated rings. The summed E-state index contributed by atoms with van der Waals surface area (Å²) in [5.41, 5.74) is 1.71. The first kappa shape index (κ1) is 15.5. The van der Waals surface area contributed by atoms with Crippen LogP contribution in [0.15, 0.2) is 48.7 Å². The van der Waals surface area contributed by atoms with Gasteiger partial charge in [-0.1, -0.05) is 18.2 Å². The molecule has 0 unspecified atom stereocenters. The Morgan fingerprint density at radius 1 is 1.26 bits per heavy atom. The van der Waals surface area contributed by atoms with Gasteiger partial charge in [0.15, 0.2) is 0 Å². The number of anilines is 2. The summed E-state index contributed by atoms with van der Waals surface area (Å²) in [7, 11) is 1.97. The molecule has 0 aliphatic carbocycles. The van der Waals surface area contributed by atoms with Crippen molar-refractivity contribution >= 4 is 17.4 Å². The first-order chi connectivity index (χ1) is 11.2. The van der Waals surface area contributed by atoms with Gasteiger partial charge in [0.2, 0.25) is 0 Å². The lowest BCUT2D eigenvalue weighted by Crippen LogP contribution is -2.52. The second-order valence-corrected chi connectivity index (χ2v) is 5.85. The monoisotopic (exact) mass is 310 g/mol. The number of nitrogens with zero attached hydrogens (tertiary/aromatic N) is 3. The topological polar surface area (TPSA) is 48.5 Å². The van der Waals surface area contributed by atoms with Crippen LogP contribution in [-0.4, -0.2) is 48.5 Å². The number of hydrogen-bond acceptors (Lipinski definition) is 4. The molecule has 0 saturated carbocycles. The molecule has 5 nitrogen and oxygen atoms in total. The highest BCUT2D eigenvalue weighted by atomic mass is 16.2. The van der Waals surface area contributed by atoms with Gasteiger partial charge in [0.25, 0.3) is 5.91 Å². The third-order valence-electron chi connectivity index (χ3n) is 4.24. The van der Waals surface area contributed by atoms with E-state index in [9.17, 15) is 4.79 Å². The molecular weight excluding hydrogens is 288 g/mol. The fourth-order valence-electron chi connectivity index (χ4n) is 2.80. The zero-order valence-electron chi connectivity index (χ0n) is 13.6. The van der Waals surface area contributed by atoms with Crippen molar-refractivity contribution in [3.05, 3.63) is 54.2 Å². The van der Waals surface area contributed by atoms with Crippen molar-refractivity contribution in [1.29, 1.82) is 0 Å². The summed E-state index contributed by atoms with van der Waals surface area (Å²) in [6, 6.07) is 14.0. The summed E-state index contributed by atoms with van der Waals surface area (Å²) in [6.45, 7) is 4.49. The minimum atomic E-state index is 0.0559. The van der Waals surface area contributed by atoms with Crippen LogP contribution in [0.5, 0.6) is 0 Å². The largest absolute Gasteiger partial charge is 0.333 e. The molecular formula is C18H22N4O. The Kier molecular flexibility index (Phi) is 4.57. The highest BCUT2D eigenvalue weighted by Crippen LogP contribution is 2.21. The molecule has 1 aliphatic rings. The molecule has 0 radical (unpaired) electrons. The lowest BCUT2D eigenvalue weighted by atomic mass is 10.1. The SMILES string of the molecule is C[C@H]1CNCCN1C(=O)c1ccc(N(C)c2ccccc2)nc1. The normalized spacial score (nSPS) is 17.8. The molecule has 0 spiro atoms. The smallest absolute Gasteiger partial charge is 0.255 e. The predicted octanol–water partition coefficient (Wildman–Crippen LogP) is 2.28. The lowest BCUT2D eigenvalue weighted by molar-refractivity contribution is 0.0655. The van der Waals surface area contributed by atoms with Crippen molar-refractivity contribution in [2.24, 2.45) is 0 Å². The number of nitrogens with one attached hydrogen (secondary N) is 1. The van der Waals surface area contributed by atoms with E-state index in [0.29, 0.717) is 5.56 Å². The van der Waals surface area contributed by atoms with Crippen LogP contribution in [0.3, 0.4) is 0 Å². The number of pyridine rings is 1. The first-order valence-electron chi connectivity index (χ1n) is 7.93. The molecule has 5 heteroatoms. The molecule has 1 aromatic carbocycles. The molecule has 3 rings (SSSR count). The Balaban J connectivity index is 1.75. The number of aromatic nitrogens is 1. The number of carbonyl (C=O) groups is 1. The van der Waals surface area contributed by atoms with Crippen LogP contribution in [0.1, 0.15) is 17.3 Å². The minimum Gasteiger partial charge on any atom is -0.333 e. The van der Waals surface area contributed by atoms with Gasteiger partial charge in [-0.05, 0) is 31.2 Å². The Morgan fingerprint density at radius 2 is 2.04 bits per heavy atom. The van der Waals surface area contributed by atoms with E-state index in [1.807, 2.05) is 59.3 Å². The van der Waals surface area contributed by atoms with E-state index in [4.69, 9.17) is 0 Å². The van der Waals surface area contributed by atoms with Crippen molar-refractivity contribution in [1.82, 2.24) is 15.2 Å². The Hall–Kier alpha value is -2.40. The van der Waals surface area contributed by atoms with E-state index in [1.54, 1.807) is 6.20 Å². The summed E-state index contributed by atoms with van der Waals surface area (Å²) in [5.74, 6) is 0.876. The van der Waals surface area contributed by atoms with E-state index < -0.39 is 0 Å². The molecule has 1 amide bonds. The summed E-state index contributed by atoms with van der Waals surface area (Å²) in [4.78, 5) is 21.0. The quantitative estimate of drug-likeness (QED) is 0.945. The van der Waals surface area contributed by atoms with Crippen LogP contribution in [-0.2, 0) is 0 Å². The zero-order chi connectivity index (χ0) is 16.2. The van der Waals surface area contributed by atoms with Gasteiger partial charge in [-0.3, -0.25) is 4.79 Å². The zero-order valence-corrected chi connectivity index (χ0v) is 13.6. The molecule has 1 saturated heterocycles. The Labute approximate surface area is 136 Å². The van der Waals surface area contributed by atoms with Crippen molar-refractivity contribution in [2.75, 3.05) is 31.6 Å². The van der Waals surface area contributed by atoms with Crippen LogP contribution >= 0.6 is 0 Å². The molecule has 23 heavy (non-hydrogen) atoms. The van der Waals surface area contributed by atoms with Gasteiger partial charge in [0.1, 0.15) is 5.82 Å². The van der Waals surface area contributed by atoms with E-state index in [-0.39, 0.29) is 11.9 Å². The highest BCUT2D eigenvalue weighted by molar-refractivity contribution is 5.94. The minimum absolute atomic E-state index is 0.0559. The number of piperazine rings is 1. The summed E-state index contributed by atoms with van der Waals surface area (Å²) in [5, 5.41) is 3.30. The summed E-state index contributed by atoms with van der Waals surface area (Å²) in [6.07, 6.45) is 1.67. The molecule has 1 N–H and O–H groups in total. The van der Waals surface area contributed by atoms with Crippen molar-refractivity contribution in [3.63, 3.8) is 0 Å². The number of para-hydroxylation sites is 1. The van der Waals surface area contributed by atoms with Gasteiger partial charge in [0, 0.05) is 44.6 Å². The van der Waals surface area contributed by atoms with Gasteiger partial charge in [-0.2, -0.15) is 0 Å². The maximum atomic E-state index is 12.6. The van der Waals surface area contributed by atoms with Gasteiger partial charge in [-0.25, -0.2) is 4.98 Å². The van der Waals surface area contributed by atoms with Crippen LogP contribution in [0.2, 0.25) is 0 Å². The third kappa shape index (κ3) is 3.35. The van der Waals surface area contributed by atoms with E-state index in [0.717, 1.165) is 31.1 Å². The number of carbonyl (C=O) groups excluding carboxylic acids is 1. The van der Waals surface area contributed by atoms with E-state index in [1.165, 1.54) is 0 Å². The highest BCUT2D eigenvalue weighted by Gasteiger charge is 2.24. The standard InChI is InChI=1S/C18H22N4O/c1-14-12-19-10-11-22(14)18(23)15-8-9-17(20-13-15)21(2)16-6-4-3-5-7-16/h3-9,13-14,19H,10-12H2,1-2H3/t14-/m0/s1. The fourth-order valence-corrected chi connectivity index (χ4v) is 2.80. The van der Waals surface area contributed by atoms with Crippen molar-refractivity contribution in [2.45, 2.75) is 13.0 Å². The number of amides is 1. The van der Waals surface area contributed by atoms with Crippen molar-refractivity contribution in [3.8, 4) is 0 Å². The van der Waals surface area contributed by atoms with Crippen LogP contribution in [0.4, 0.5) is 11.5 Å². The second-order valence-electron chi connectivity index (χ2n) is 5.85. The number of rotatable bonds is 3. The van der Waals surface area contributed by atoms with Gasteiger partial charge >= 0.3 is 0 Å². The van der Waals surface area contributed by atoms with E-state index in [2.05, 4.69) is 17.2 Å². The average molecular weight is 310 g/mol. The second kappa shape index (κ2) is 6.79. The van der Waals surface area contributed by atoms with Crippen molar-refractivity contribution < 1.29 is 4.79 Å². The molecule has 1 atom stereocenters. The molecule has 0 bridgehead atoms. The third-order valence-corrected chi connectivity index (χ3v) is 4.24. The molecule has 2 aromatic rings. The Morgan fingerprint density at radius 3 is 2.70 bits per heavy atom. The fraction of sp³-hybridized carbons (Fsp3) is 0.333. The first-order valence-corrected chi connectivity index (χ1v) is 7.93. The maximum Gasteiger partial charge on any atom is 0.255 e. The number of benzene rings is 1. The average Bonchev–Trinajstić information content (AvgIpc) is 2.62. The molecule has 1 aliphatic heterocycles. The summed E-state index contributed by atoms with van der Waals surface area (Å²) < 4.78 is 0. The van der Waals surface area contributed by atoms with E-state index >= 15 is 0 Å². The molecule has 1 aromatic heterocycles. The Bertz CT molecular complexity index is 656. The predicted molar refractivity (Wildman–Crippen MR) is 92.1 cm³/mol. The van der Waals surface area contributed by atoms with Crippen LogP contribution in [0, 0.1) is 0 Å². The van der Waals surface area contributed by atoms with Crippen LogP contribution < -0.4 is 10.2 Å². The lowest BCUT2D eigenvalue weighted by Gasteiger charge is -2.34. The van der Waals surface area contributed by atoms with Gasteiger partial charge < -0.3 is 15.1 Å². The van der Waals surface area contributed by atoms with Gasteiger partial charge in [0.05, 0.1) is 5.56 Å². The number of hydrogen-bond donors (Lipinski definition) is 1. The van der Waals surface area contributed by atoms with Crippen LogP contribution in [0.25, 0.3) is 0 Å².